The predicted molar refractivity (Wildman–Crippen MR) is 97.3 cm³/mol. The fraction of sp³-hybridized carbons (Fsp3) is 0.143. The summed E-state index contributed by atoms with van der Waals surface area (Å²) in [6.45, 7) is 6.68. The van der Waals surface area contributed by atoms with Crippen molar-refractivity contribution in [3.8, 4) is 11.1 Å². The number of benzene rings is 2. The second-order valence-corrected chi connectivity index (χ2v) is 7.38. The van der Waals surface area contributed by atoms with E-state index < -0.39 is 0 Å². The van der Waals surface area contributed by atoms with Gasteiger partial charge >= 0.3 is 0 Å². The van der Waals surface area contributed by atoms with Crippen LogP contribution in [0.5, 0.6) is 0 Å². The highest BCUT2D eigenvalue weighted by atomic mass is 32.1. The predicted octanol–water partition coefficient (Wildman–Crippen LogP) is 6.32. The van der Waals surface area contributed by atoms with Gasteiger partial charge in [0.05, 0.1) is 0 Å². The Morgan fingerprint density at radius 2 is 1.27 bits per heavy atom. The van der Waals surface area contributed by atoms with Crippen molar-refractivity contribution in [3.05, 3.63) is 81.0 Å². The van der Waals surface area contributed by atoms with Crippen LogP contribution in [0.2, 0.25) is 0 Å². The maximum Gasteiger partial charge on any atom is 0.00922 e. The van der Waals surface area contributed by atoms with Gasteiger partial charge in [-0.3, -0.25) is 0 Å². The summed E-state index contributed by atoms with van der Waals surface area (Å²) in [4.78, 5) is 2.79. The van der Waals surface area contributed by atoms with Crippen LogP contribution in [0.25, 0.3) is 22.3 Å². The number of hydrogen-bond acceptors (Lipinski definition) is 1. The first-order valence-corrected chi connectivity index (χ1v) is 8.46. The van der Waals surface area contributed by atoms with Gasteiger partial charge in [0.1, 0.15) is 0 Å². The van der Waals surface area contributed by atoms with Gasteiger partial charge in [0.25, 0.3) is 0 Å². The number of allylic oxidation sites excluding steroid dienone is 1. The molecule has 1 aliphatic rings. The van der Waals surface area contributed by atoms with Gasteiger partial charge in [0.2, 0.25) is 0 Å². The molecule has 1 heterocycles. The van der Waals surface area contributed by atoms with Crippen molar-refractivity contribution in [2.45, 2.75) is 20.8 Å². The molecule has 0 N–H and O–H groups in total. The monoisotopic (exact) mass is 302 g/mol. The standard InChI is InChI=1S/C21H18S/c1-13-12-20(15(3)22-13)14(2)21-18-10-6-4-8-16(18)17-9-5-7-11-19(17)21/h4-12H,1-3H3. The maximum absolute atomic E-state index is 2.33. The highest BCUT2D eigenvalue weighted by Gasteiger charge is 2.25. The molecular formula is C21H18S. The van der Waals surface area contributed by atoms with Crippen LogP contribution in [0.3, 0.4) is 0 Å². The number of thiophene rings is 1. The molecule has 0 aliphatic heterocycles. The molecule has 3 aromatic rings. The first kappa shape index (κ1) is 13.5. The minimum absolute atomic E-state index is 1.36. The molecule has 1 aromatic heterocycles. The van der Waals surface area contributed by atoms with E-state index in [1.807, 2.05) is 11.3 Å². The Labute approximate surface area is 135 Å². The van der Waals surface area contributed by atoms with Crippen LogP contribution in [0.15, 0.2) is 54.6 Å². The lowest BCUT2D eigenvalue weighted by Crippen LogP contribution is -1.88. The largest absolute Gasteiger partial charge is 0.145 e. The highest BCUT2D eigenvalue weighted by Crippen LogP contribution is 2.47. The third-order valence-electron chi connectivity index (χ3n) is 4.50. The summed E-state index contributed by atoms with van der Waals surface area (Å²) in [7, 11) is 0. The molecule has 0 saturated heterocycles. The molecule has 108 valence electrons. The first-order chi connectivity index (χ1) is 10.7. The third-order valence-corrected chi connectivity index (χ3v) is 5.47. The fourth-order valence-electron chi connectivity index (χ4n) is 3.56. The summed E-state index contributed by atoms with van der Waals surface area (Å²) in [6, 6.07) is 19.9. The van der Waals surface area contributed by atoms with Crippen LogP contribution < -0.4 is 0 Å². The summed E-state index contributed by atoms with van der Waals surface area (Å²) < 4.78 is 0. The zero-order valence-electron chi connectivity index (χ0n) is 13.1. The van der Waals surface area contributed by atoms with Crippen LogP contribution in [-0.4, -0.2) is 0 Å². The Bertz CT molecular complexity index is 862. The molecule has 0 radical (unpaired) electrons. The van der Waals surface area contributed by atoms with E-state index in [4.69, 9.17) is 0 Å². The molecule has 1 heteroatoms. The van der Waals surface area contributed by atoms with Crippen LogP contribution in [0.1, 0.15) is 33.4 Å². The van der Waals surface area contributed by atoms with Crippen molar-refractivity contribution in [2.75, 3.05) is 0 Å². The number of fused-ring (bicyclic) bond motifs is 3. The molecule has 1 aliphatic carbocycles. The lowest BCUT2D eigenvalue weighted by molar-refractivity contribution is 1.51. The molecule has 0 fully saturated rings. The molecule has 0 nitrogen and oxygen atoms in total. The summed E-state index contributed by atoms with van der Waals surface area (Å²) >= 11 is 1.88. The van der Waals surface area contributed by atoms with E-state index in [1.165, 1.54) is 48.7 Å². The van der Waals surface area contributed by atoms with Gasteiger partial charge in [-0.1, -0.05) is 48.5 Å². The average molecular weight is 302 g/mol. The molecule has 0 bridgehead atoms. The highest BCUT2D eigenvalue weighted by molar-refractivity contribution is 7.12. The van der Waals surface area contributed by atoms with Crippen molar-refractivity contribution in [1.29, 1.82) is 0 Å². The normalized spacial score (nSPS) is 12.2. The summed E-state index contributed by atoms with van der Waals surface area (Å²) in [6.07, 6.45) is 0. The smallest absolute Gasteiger partial charge is 0.00922 e. The van der Waals surface area contributed by atoms with Gasteiger partial charge in [0.15, 0.2) is 0 Å². The minimum Gasteiger partial charge on any atom is -0.145 e. The van der Waals surface area contributed by atoms with Crippen LogP contribution >= 0.6 is 11.3 Å². The van der Waals surface area contributed by atoms with Crippen molar-refractivity contribution >= 4 is 22.5 Å². The lowest BCUT2D eigenvalue weighted by atomic mass is 9.94. The average Bonchev–Trinajstić information content (AvgIpc) is 3.04. The Balaban J connectivity index is 2.06. The van der Waals surface area contributed by atoms with E-state index in [0.29, 0.717) is 0 Å². The van der Waals surface area contributed by atoms with E-state index in [9.17, 15) is 0 Å². The van der Waals surface area contributed by atoms with Crippen LogP contribution in [-0.2, 0) is 0 Å². The van der Waals surface area contributed by atoms with Crippen molar-refractivity contribution < 1.29 is 0 Å². The Morgan fingerprint density at radius 3 is 1.73 bits per heavy atom. The Hall–Kier alpha value is -2.12. The Kier molecular flexibility index (Phi) is 3.05. The van der Waals surface area contributed by atoms with Crippen LogP contribution in [0.4, 0.5) is 0 Å². The quantitative estimate of drug-likeness (QED) is 0.386. The van der Waals surface area contributed by atoms with Gasteiger partial charge in [-0.15, -0.1) is 11.3 Å². The molecular weight excluding hydrogens is 284 g/mol. The van der Waals surface area contributed by atoms with Gasteiger partial charge in [-0.25, -0.2) is 0 Å². The van der Waals surface area contributed by atoms with Gasteiger partial charge < -0.3 is 0 Å². The summed E-state index contributed by atoms with van der Waals surface area (Å²) in [5.74, 6) is 0. The minimum atomic E-state index is 1.36. The van der Waals surface area contributed by atoms with Gasteiger partial charge in [-0.05, 0) is 65.8 Å². The molecule has 0 saturated carbocycles. The van der Waals surface area contributed by atoms with Crippen molar-refractivity contribution in [2.24, 2.45) is 0 Å². The molecule has 2 aromatic carbocycles. The van der Waals surface area contributed by atoms with Crippen molar-refractivity contribution in [3.63, 3.8) is 0 Å². The SMILES string of the molecule is CC(=C1c2ccccc2-c2ccccc21)c1cc(C)sc1C. The van der Waals surface area contributed by atoms with Crippen molar-refractivity contribution in [1.82, 2.24) is 0 Å². The molecule has 0 spiro atoms. The second kappa shape index (κ2) is 4.96. The molecule has 22 heavy (non-hydrogen) atoms. The number of hydrogen-bond donors (Lipinski definition) is 0. The topological polar surface area (TPSA) is 0 Å². The van der Waals surface area contributed by atoms with E-state index >= 15 is 0 Å². The Morgan fingerprint density at radius 1 is 0.773 bits per heavy atom. The maximum atomic E-state index is 2.33. The van der Waals surface area contributed by atoms with E-state index in [1.54, 1.807) is 0 Å². The van der Waals surface area contributed by atoms with Gasteiger partial charge in [0, 0.05) is 9.75 Å². The zero-order valence-corrected chi connectivity index (χ0v) is 13.9. The van der Waals surface area contributed by atoms with Gasteiger partial charge in [-0.2, -0.15) is 0 Å². The zero-order chi connectivity index (χ0) is 15.3. The van der Waals surface area contributed by atoms with Crippen LogP contribution in [0, 0.1) is 13.8 Å². The molecule has 0 amide bonds. The summed E-state index contributed by atoms with van der Waals surface area (Å²) in [5, 5.41) is 0. The molecule has 4 rings (SSSR count). The van der Waals surface area contributed by atoms with E-state index in [0.717, 1.165) is 0 Å². The second-order valence-electron chi connectivity index (χ2n) is 5.92. The lowest BCUT2D eigenvalue weighted by Gasteiger charge is -2.09. The fourth-order valence-corrected chi connectivity index (χ4v) is 4.54. The molecule has 0 atom stereocenters. The summed E-state index contributed by atoms with van der Waals surface area (Å²) in [5.41, 5.74) is 9.62. The number of aryl methyl sites for hydroxylation is 2. The third kappa shape index (κ3) is 1.89. The molecule has 0 unspecified atom stereocenters. The number of rotatable bonds is 1. The van der Waals surface area contributed by atoms with E-state index in [2.05, 4.69) is 75.4 Å². The van der Waals surface area contributed by atoms with E-state index in [-0.39, 0.29) is 0 Å². The first-order valence-electron chi connectivity index (χ1n) is 7.64.